The Labute approximate surface area is 184 Å². The lowest BCUT2D eigenvalue weighted by Crippen LogP contribution is -2.29. The summed E-state index contributed by atoms with van der Waals surface area (Å²) in [4.78, 5) is 39.0. The average Bonchev–Trinajstić information content (AvgIpc) is 3.14. The number of ether oxygens (including phenoxy) is 1. The van der Waals surface area contributed by atoms with Crippen LogP contribution < -0.4 is 10.6 Å². The van der Waals surface area contributed by atoms with Gasteiger partial charge in [-0.05, 0) is 34.4 Å². The molecule has 2 amide bonds. The second-order valence-electron chi connectivity index (χ2n) is 7.29. The predicted molar refractivity (Wildman–Crippen MR) is 116 cm³/mol. The quantitative estimate of drug-likeness (QED) is 0.529. The highest BCUT2D eigenvalue weighted by molar-refractivity contribution is 5.95. The largest absolute Gasteiger partial charge is 0.480 e. The van der Waals surface area contributed by atoms with Gasteiger partial charge in [0.05, 0.1) is 12.2 Å². The number of carboxylic acid groups (broad SMARTS) is 1. The summed E-state index contributed by atoms with van der Waals surface area (Å²) in [6.07, 6.45) is 0.833. The number of carbonyl (C=O) groups is 3. The number of nitrogens with zero attached hydrogens (tertiary/aromatic N) is 1. The smallest absolute Gasteiger partial charge is 0.407 e. The number of carbonyl (C=O) groups excluding carboxylic acids is 2. The first-order valence-corrected chi connectivity index (χ1v) is 10.1. The Morgan fingerprint density at radius 1 is 0.938 bits per heavy atom. The topological polar surface area (TPSA) is 118 Å². The van der Waals surface area contributed by atoms with Crippen LogP contribution in [0.15, 0.2) is 66.9 Å². The van der Waals surface area contributed by atoms with Crippen LogP contribution in [0, 0.1) is 0 Å². The lowest BCUT2D eigenvalue weighted by Gasteiger charge is -2.14. The van der Waals surface area contributed by atoms with E-state index >= 15 is 0 Å². The molecule has 0 unspecified atom stereocenters. The number of aromatic nitrogens is 1. The zero-order valence-corrected chi connectivity index (χ0v) is 17.1. The van der Waals surface area contributed by atoms with Crippen LogP contribution in [0.4, 0.5) is 4.79 Å². The molecule has 1 aliphatic carbocycles. The molecule has 4 rings (SSSR count). The number of nitrogens with one attached hydrogen (secondary N) is 2. The lowest BCUT2D eigenvalue weighted by atomic mass is 9.98. The van der Waals surface area contributed by atoms with Gasteiger partial charge in [0.25, 0.3) is 5.91 Å². The summed E-state index contributed by atoms with van der Waals surface area (Å²) < 4.78 is 5.48. The monoisotopic (exact) mass is 431 g/mol. The SMILES string of the molecule is O=C(O)CNC(=O)c1ccnc(CNC(=O)OCC2c3ccccc3-c3ccccc32)c1. The number of hydrogen-bond donors (Lipinski definition) is 3. The molecule has 0 spiro atoms. The molecule has 3 aromatic rings. The predicted octanol–water partition coefficient (Wildman–Crippen LogP) is 2.93. The Bertz CT molecular complexity index is 1130. The highest BCUT2D eigenvalue weighted by Gasteiger charge is 2.28. The summed E-state index contributed by atoms with van der Waals surface area (Å²) in [6, 6.07) is 19.1. The van der Waals surface area contributed by atoms with Gasteiger partial charge in [-0.15, -0.1) is 0 Å². The van der Waals surface area contributed by atoms with Gasteiger partial charge < -0.3 is 20.5 Å². The fourth-order valence-electron chi connectivity index (χ4n) is 3.79. The highest BCUT2D eigenvalue weighted by atomic mass is 16.5. The zero-order valence-electron chi connectivity index (χ0n) is 17.1. The van der Waals surface area contributed by atoms with E-state index in [0.29, 0.717) is 5.69 Å². The maximum absolute atomic E-state index is 12.3. The van der Waals surface area contributed by atoms with Gasteiger partial charge >= 0.3 is 12.1 Å². The zero-order chi connectivity index (χ0) is 22.5. The third-order valence-electron chi connectivity index (χ3n) is 5.24. The number of pyridine rings is 1. The first-order valence-electron chi connectivity index (χ1n) is 10.1. The Balaban J connectivity index is 1.34. The van der Waals surface area contributed by atoms with E-state index in [1.54, 1.807) is 0 Å². The Morgan fingerprint density at radius 2 is 1.59 bits per heavy atom. The van der Waals surface area contributed by atoms with E-state index < -0.39 is 24.5 Å². The van der Waals surface area contributed by atoms with Crippen molar-refractivity contribution in [2.24, 2.45) is 0 Å². The Kier molecular flexibility index (Phi) is 6.12. The summed E-state index contributed by atoms with van der Waals surface area (Å²) >= 11 is 0. The van der Waals surface area contributed by atoms with Crippen LogP contribution in [0.5, 0.6) is 0 Å². The molecule has 0 fully saturated rings. The van der Waals surface area contributed by atoms with Crippen molar-refractivity contribution < 1.29 is 24.2 Å². The van der Waals surface area contributed by atoms with Crippen molar-refractivity contribution in [2.45, 2.75) is 12.5 Å². The minimum atomic E-state index is -1.13. The molecule has 2 aromatic carbocycles. The van der Waals surface area contributed by atoms with Gasteiger partial charge in [-0.1, -0.05) is 48.5 Å². The van der Waals surface area contributed by atoms with Crippen molar-refractivity contribution in [3.05, 3.63) is 89.2 Å². The van der Waals surface area contributed by atoms with Crippen LogP contribution in [0.3, 0.4) is 0 Å². The molecule has 8 nitrogen and oxygen atoms in total. The molecule has 1 aromatic heterocycles. The minimum Gasteiger partial charge on any atom is -0.480 e. The molecule has 0 saturated carbocycles. The van der Waals surface area contributed by atoms with Crippen LogP contribution in [-0.4, -0.2) is 41.2 Å². The van der Waals surface area contributed by atoms with E-state index in [0.717, 1.165) is 22.3 Å². The second kappa shape index (κ2) is 9.30. The first-order chi connectivity index (χ1) is 15.5. The standard InChI is InChI=1S/C24H21N3O5/c28-22(29)13-26-23(30)15-9-10-25-16(11-15)12-27-24(31)32-14-21-19-7-3-1-5-17(19)18-6-2-4-8-20(18)21/h1-11,21H,12-14H2,(H,26,30)(H,27,31)(H,28,29). The van der Waals surface area contributed by atoms with E-state index in [2.05, 4.69) is 27.8 Å². The van der Waals surface area contributed by atoms with Crippen molar-refractivity contribution in [1.29, 1.82) is 0 Å². The van der Waals surface area contributed by atoms with E-state index in [9.17, 15) is 14.4 Å². The molecule has 0 saturated heterocycles. The minimum absolute atomic E-state index is 0.0347. The maximum Gasteiger partial charge on any atom is 0.407 e. The van der Waals surface area contributed by atoms with Gasteiger partial charge in [-0.3, -0.25) is 14.6 Å². The maximum atomic E-state index is 12.3. The Morgan fingerprint density at radius 3 is 2.25 bits per heavy atom. The third-order valence-corrected chi connectivity index (χ3v) is 5.24. The third kappa shape index (κ3) is 4.59. The summed E-state index contributed by atoms with van der Waals surface area (Å²) in [5.74, 6) is -1.70. The van der Waals surface area contributed by atoms with Crippen molar-refractivity contribution in [3.8, 4) is 11.1 Å². The van der Waals surface area contributed by atoms with Gasteiger partial charge in [-0.2, -0.15) is 0 Å². The first kappa shape index (κ1) is 21.0. The number of hydrogen-bond acceptors (Lipinski definition) is 5. The van der Waals surface area contributed by atoms with Crippen LogP contribution in [0.25, 0.3) is 11.1 Å². The number of rotatable bonds is 7. The molecular weight excluding hydrogens is 410 g/mol. The molecular formula is C24H21N3O5. The number of amides is 2. The molecule has 0 atom stereocenters. The number of carboxylic acids is 1. The summed E-state index contributed by atoms with van der Waals surface area (Å²) in [5, 5.41) is 13.6. The van der Waals surface area contributed by atoms with Crippen LogP contribution in [-0.2, 0) is 16.1 Å². The normalized spacial score (nSPS) is 11.9. The molecule has 1 heterocycles. The summed E-state index contributed by atoms with van der Waals surface area (Å²) in [5.41, 5.74) is 5.26. The number of benzene rings is 2. The second-order valence-corrected chi connectivity index (χ2v) is 7.29. The van der Waals surface area contributed by atoms with Gasteiger partial charge in [0.15, 0.2) is 0 Å². The van der Waals surface area contributed by atoms with E-state index in [1.165, 1.54) is 18.3 Å². The number of fused-ring (bicyclic) bond motifs is 3. The molecule has 3 N–H and O–H groups in total. The Hall–Kier alpha value is -4.20. The lowest BCUT2D eigenvalue weighted by molar-refractivity contribution is -0.135. The van der Waals surface area contributed by atoms with Gasteiger partial charge in [0, 0.05) is 17.7 Å². The van der Waals surface area contributed by atoms with Gasteiger partial charge in [0.1, 0.15) is 13.2 Å². The van der Waals surface area contributed by atoms with Crippen molar-refractivity contribution in [2.75, 3.05) is 13.2 Å². The molecule has 32 heavy (non-hydrogen) atoms. The van der Waals surface area contributed by atoms with Crippen LogP contribution in [0.2, 0.25) is 0 Å². The van der Waals surface area contributed by atoms with Crippen LogP contribution in [0.1, 0.15) is 33.1 Å². The fourth-order valence-corrected chi connectivity index (χ4v) is 3.79. The van der Waals surface area contributed by atoms with Crippen molar-refractivity contribution >= 4 is 18.0 Å². The molecule has 162 valence electrons. The molecule has 0 radical (unpaired) electrons. The van der Waals surface area contributed by atoms with Crippen LogP contribution >= 0.6 is 0 Å². The highest BCUT2D eigenvalue weighted by Crippen LogP contribution is 2.44. The molecule has 0 bridgehead atoms. The fraction of sp³-hybridized carbons (Fsp3) is 0.167. The molecule has 1 aliphatic rings. The number of aliphatic carboxylic acids is 1. The summed E-state index contributed by atoms with van der Waals surface area (Å²) in [7, 11) is 0. The van der Waals surface area contributed by atoms with Crippen molar-refractivity contribution in [1.82, 2.24) is 15.6 Å². The molecule has 8 heteroatoms. The number of alkyl carbamates (subject to hydrolysis) is 1. The van der Waals surface area contributed by atoms with Gasteiger partial charge in [0.2, 0.25) is 0 Å². The van der Waals surface area contributed by atoms with E-state index in [4.69, 9.17) is 9.84 Å². The average molecular weight is 431 g/mol. The van der Waals surface area contributed by atoms with E-state index in [-0.39, 0.29) is 24.6 Å². The molecule has 0 aliphatic heterocycles. The van der Waals surface area contributed by atoms with Gasteiger partial charge in [-0.25, -0.2) is 4.79 Å². The van der Waals surface area contributed by atoms with Crippen molar-refractivity contribution in [3.63, 3.8) is 0 Å². The van der Waals surface area contributed by atoms with E-state index in [1.807, 2.05) is 36.4 Å². The summed E-state index contributed by atoms with van der Waals surface area (Å²) in [6.45, 7) is -0.212.